The van der Waals surface area contributed by atoms with Crippen molar-refractivity contribution in [3.8, 4) is 0 Å². The van der Waals surface area contributed by atoms with Crippen molar-refractivity contribution in [3.05, 3.63) is 0 Å². The lowest BCUT2D eigenvalue weighted by molar-refractivity contribution is -0.132. The average Bonchev–Trinajstić information content (AvgIpc) is 2.76. The van der Waals surface area contributed by atoms with Crippen molar-refractivity contribution in [2.24, 2.45) is 10.8 Å². The fraction of sp³-hybridized carbons (Fsp3) is 0.933. The Balaban J connectivity index is 2.71. The number of alkyl halides is 1. The van der Waals surface area contributed by atoms with Crippen molar-refractivity contribution in [1.29, 1.82) is 0 Å². The summed E-state index contributed by atoms with van der Waals surface area (Å²) in [4.78, 5) is 12.6. The topological polar surface area (TPSA) is 29.1 Å². The first-order valence-corrected chi connectivity index (χ1v) is 7.76. The molecular weight excluding hydrogens is 246 g/mol. The summed E-state index contributed by atoms with van der Waals surface area (Å²) in [6.45, 7) is 8.63. The van der Waals surface area contributed by atoms with Crippen LogP contribution in [0.25, 0.3) is 0 Å². The van der Waals surface area contributed by atoms with Crippen molar-refractivity contribution in [2.45, 2.75) is 72.3 Å². The molecule has 1 aliphatic rings. The van der Waals surface area contributed by atoms with Gasteiger partial charge in [-0.25, -0.2) is 0 Å². The SMILES string of the molecule is CCC1(C(=O)NC(CCCl)C(C)(C)C)CCCC1. The third-order valence-electron chi connectivity index (χ3n) is 4.47. The van der Waals surface area contributed by atoms with Gasteiger partial charge in [0, 0.05) is 17.3 Å². The molecule has 2 nitrogen and oxygen atoms in total. The summed E-state index contributed by atoms with van der Waals surface area (Å²) < 4.78 is 0. The molecule has 0 radical (unpaired) electrons. The van der Waals surface area contributed by atoms with Crippen LogP contribution in [-0.2, 0) is 4.79 Å². The molecule has 1 fully saturated rings. The number of nitrogens with one attached hydrogen (secondary N) is 1. The second-order valence-corrected chi connectivity index (χ2v) is 7.09. The number of hydrogen-bond acceptors (Lipinski definition) is 1. The normalized spacial score (nSPS) is 20.7. The highest BCUT2D eigenvalue weighted by Crippen LogP contribution is 2.41. The first-order chi connectivity index (χ1) is 8.35. The third-order valence-corrected chi connectivity index (χ3v) is 4.69. The molecule has 3 heteroatoms. The fourth-order valence-electron chi connectivity index (χ4n) is 2.94. The second-order valence-electron chi connectivity index (χ2n) is 6.71. The molecule has 0 aliphatic heterocycles. The van der Waals surface area contributed by atoms with Gasteiger partial charge in [0.2, 0.25) is 5.91 Å². The van der Waals surface area contributed by atoms with Gasteiger partial charge in [-0.1, -0.05) is 40.5 Å². The van der Waals surface area contributed by atoms with Crippen molar-refractivity contribution < 1.29 is 4.79 Å². The summed E-state index contributed by atoms with van der Waals surface area (Å²) in [5, 5.41) is 3.27. The number of rotatable bonds is 5. The molecule has 0 saturated heterocycles. The number of halogens is 1. The minimum Gasteiger partial charge on any atom is -0.352 e. The number of hydrogen-bond donors (Lipinski definition) is 1. The van der Waals surface area contributed by atoms with E-state index in [0.717, 1.165) is 25.7 Å². The molecule has 0 aromatic carbocycles. The zero-order valence-electron chi connectivity index (χ0n) is 12.3. The van der Waals surface area contributed by atoms with E-state index in [1.807, 2.05) is 0 Å². The average molecular weight is 274 g/mol. The molecule has 0 spiro atoms. The molecule has 1 saturated carbocycles. The van der Waals surface area contributed by atoms with E-state index in [9.17, 15) is 4.79 Å². The first-order valence-electron chi connectivity index (χ1n) is 7.22. The van der Waals surface area contributed by atoms with Gasteiger partial charge in [0.1, 0.15) is 0 Å². The molecule has 1 amide bonds. The van der Waals surface area contributed by atoms with Gasteiger partial charge in [0.15, 0.2) is 0 Å². The lowest BCUT2D eigenvalue weighted by Crippen LogP contribution is -2.49. The molecule has 0 aromatic heterocycles. The summed E-state index contributed by atoms with van der Waals surface area (Å²) in [5.74, 6) is 0.856. The third kappa shape index (κ3) is 3.63. The Hall–Kier alpha value is -0.240. The van der Waals surface area contributed by atoms with Gasteiger partial charge in [-0.3, -0.25) is 4.79 Å². The summed E-state index contributed by atoms with van der Waals surface area (Å²) in [6.07, 6.45) is 6.28. The molecule has 18 heavy (non-hydrogen) atoms. The molecular formula is C15H28ClNO. The van der Waals surface area contributed by atoms with Crippen LogP contribution in [0.2, 0.25) is 0 Å². The standard InChI is InChI=1S/C15H28ClNO/c1-5-15(9-6-7-10-15)13(18)17-12(8-11-16)14(2,3)4/h12H,5-11H2,1-4H3,(H,17,18). The Morgan fingerprint density at radius 1 is 1.33 bits per heavy atom. The monoisotopic (exact) mass is 273 g/mol. The van der Waals surface area contributed by atoms with Crippen molar-refractivity contribution >= 4 is 17.5 Å². The Bertz CT molecular complexity index is 277. The Morgan fingerprint density at radius 3 is 2.28 bits per heavy atom. The number of carbonyl (C=O) groups excluding carboxylic acids is 1. The fourth-order valence-corrected chi connectivity index (χ4v) is 3.15. The molecule has 1 N–H and O–H groups in total. The predicted octanol–water partition coefficient (Wildman–Crippen LogP) is 4.12. The van der Waals surface area contributed by atoms with E-state index >= 15 is 0 Å². The van der Waals surface area contributed by atoms with Crippen LogP contribution in [0.5, 0.6) is 0 Å². The van der Waals surface area contributed by atoms with Crippen molar-refractivity contribution in [2.75, 3.05) is 5.88 Å². The van der Waals surface area contributed by atoms with E-state index in [1.165, 1.54) is 12.8 Å². The van der Waals surface area contributed by atoms with Crippen molar-refractivity contribution in [3.63, 3.8) is 0 Å². The van der Waals surface area contributed by atoms with Crippen LogP contribution in [-0.4, -0.2) is 17.8 Å². The van der Waals surface area contributed by atoms with Gasteiger partial charge < -0.3 is 5.32 Å². The van der Waals surface area contributed by atoms with E-state index in [4.69, 9.17) is 11.6 Å². The molecule has 1 atom stereocenters. The zero-order valence-corrected chi connectivity index (χ0v) is 13.1. The molecule has 1 rings (SSSR count). The van der Waals surface area contributed by atoms with E-state index in [1.54, 1.807) is 0 Å². The minimum absolute atomic E-state index is 0.0675. The van der Waals surface area contributed by atoms with Gasteiger partial charge in [-0.05, 0) is 31.1 Å². The van der Waals surface area contributed by atoms with Gasteiger partial charge in [-0.2, -0.15) is 0 Å². The zero-order chi connectivity index (χ0) is 13.8. The predicted molar refractivity (Wildman–Crippen MR) is 77.9 cm³/mol. The molecule has 0 aromatic rings. The highest BCUT2D eigenvalue weighted by molar-refractivity contribution is 6.17. The van der Waals surface area contributed by atoms with Gasteiger partial charge in [0.25, 0.3) is 0 Å². The summed E-state index contributed by atoms with van der Waals surface area (Å²) in [5.41, 5.74) is -0.0338. The quantitative estimate of drug-likeness (QED) is 0.750. The summed E-state index contributed by atoms with van der Waals surface area (Å²) in [7, 11) is 0. The maximum atomic E-state index is 12.6. The highest BCUT2D eigenvalue weighted by atomic mass is 35.5. The first kappa shape index (κ1) is 15.8. The van der Waals surface area contributed by atoms with Gasteiger partial charge >= 0.3 is 0 Å². The van der Waals surface area contributed by atoms with Gasteiger partial charge in [-0.15, -0.1) is 11.6 Å². The molecule has 1 unspecified atom stereocenters. The van der Waals surface area contributed by atoms with Crippen molar-refractivity contribution in [1.82, 2.24) is 5.32 Å². The smallest absolute Gasteiger partial charge is 0.226 e. The van der Waals surface area contributed by atoms with E-state index < -0.39 is 0 Å². The van der Waals surface area contributed by atoms with E-state index in [0.29, 0.717) is 5.88 Å². The summed E-state index contributed by atoms with van der Waals surface area (Å²) >= 11 is 5.86. The van der Waals surface area contributed by atoms with Crippen LogP contribution in [0.3, 0.4) is 0 Å². The van der Waals surface area contributed by atoms with Crippen LogP contribution >= 0.6 is 11.6 Å². The number of carbonyl (C=O) groups is 1. The van der Waals surface area contributed by atoms with Crippen LogP contribution in [0.15, 0.2) is 0 Å². The Morgan fingerprint density at radius 2 is 1.89 bits per heavy atom. The van der Waals surface area contributed by atoms with Crippen LogP contribution in [0.1, 0.15) is 66.2 Å². The van der Waals surface area contributed by atoms with E-state index in [2.05, 4.69) is 33.0 Å². The maximum absolute atomic E-state index is 12.6. The Labute approximate surface area is 117 Å². The maximum Gasteiger partial charge on any atom is 0.226 e. The second kappa shape index (κ2) is 6.27. The largest absolute Gasteiger partial charge is 0.352 e. The lowest BCUT2D eigenvalue weighted by atomic mass is 9.80. The lowest BCUT2D eigenvalue weighted by Gasteiger charge is -2.35. The molecule has 106 valence electrons. The van der Waals surface area contributed by atoms with Crippen LogP contribution in [0, 0.1) is 10.8 Å². The van der Waals surface area contributed by atoms with Gasteiger partial charge in [0.05, 0.1) is 0 Å². The van der Waals surface area contributed by atoms with E-state index in [-0.39, 0.29) is 22.8 Å². The molecule has 1 aliphatic carbocycles. The Kier molecular flexibility index (Phi) is 5.51. The van der Waals surface area contributed by atoms with Crippen LogP contribution in [0.4, 0.5) is 0 Å². The minimum atomic E-state index is -0.101. The van der Waals surface area contributed by atoms with Crippen LogP contribution < -0.4 is 5.32 Å². The molecule has 0 heterocycles. The summed E-state index contributed by atoms with van der Waals surface area (Å²) in [6, 6.07) is 0.173. The number of amides is 1. The highest BCUT2D eigenvalue weighted by Gasteiger charge is 2.41. The molecule has 0 bridgehead atoms.